The third kappa shape index (κ3) is 3.13. The predicted octanol–water partition coefficient (Wildman–Crippen LogP) is 1.69. The maximum Gasteiger partial charge on any atom is 0.253 e. The van der Waals surface area contributed by atoms with Crippen LogP contribution in [0.3, 0.4) is 0 Å². The third-order valence-electron chi connectivity index (χ3n) is 3.49. The fourth-order valence-corrected chi connectivity index (χ4v) is 2.34. The molecular weight excluding hydrogens is 240 g/mol. The Kier molecular flexibility index (Phi) is 4.20. The minimum atomic E-state index is 0.0623. The van der Waals surface area contributed by atoms with E-state index in [9.17, 15) is 9.59 Å². The molecule has 19 heavy (non-hydrogen) atoms. The van der Waals surface area contributed by atoms with Gasteiger partial charge in [0.1, 0.15) is 0 Å². The number of nitrogens with zero attached hydrogens (tertiary/aromatic N) is 2. The van der Waals surface area contributed by atoms with E-state index in [-0.39, 0.29) is 11.8 Å². The Labute approximate surface area is 114 Å². The van der Waals surface area contributed by atoms with E-state index in [1.54, 1.807) is 0 Å². The van der Waals surface area contributed by atoms with Crippen molar-refractivity contribution in [2.24, 2.45) is 0 Å². The van der Waals surface area contributed by atoms with E-state index >= 15 is 0 Å². The first kappa shape index (κ1) is 13.6. The molecule has 4 heteroatoms. The molecule has 0 aliphatic carbocycles. The molecule has 0 spiro atoms. The lowest BCUT2D eigenvalue weighted by atomic mass is 10.1. The first-order valence-corrected chi connectivity index (χ1v) is 6.75. The summed E-state index contributed by atoms with van der Waals surface area (Å²) in [7, 11) is 0. The summed E-state index contributed by atoms with van der Waals surface area (Å²) in [6.45, 7) is 6.38. The number of hydrogen-bond acceptors (Lipinski definition) is 2. The molecule has 0 radical (unpaired) electrons. The molecule has 4 nitrogen and oxygen atoms in total. The van der Waals surface area contributed by atoms with Gasteiger partial charge in [0, 0.05) is 38.2 Å². The molecule has 0 atom stereocenters. The van der Waals surface area contributed by atoms with Crippen molar-refractivity contribution in [1.82, 2.24) is 9.80 Å². The normalized spacial score (nSPS) is 15.5. The van der Waals surface area contributed by atoms with Gasteiger partial charge in [-0.15, -0.1) is 0 Å². The van der Waals surface area contributed by atoms with Crippen molar-refractivity contribution in [3.8, 4) is 0 Å². The van der Waals surface area contributed by atoms with E-state index in [0.717, 1.165) is 11.1 Å². The molecule has 1 heterocycles. The maximum atomic E-state index is 12.3. The fraction of sp³-hybridized carbons (Fsp3) is 0.467. The molecule has 1 saturated heterocycles. The Hall–Kier alpha value is -1.84. The molecule has 1 aliphatic rings. The van der Waals surface area contributed by atoms with Gasteiger partial charge in [0.2, 0.25) is 5.91 Å². The van der Waals surface area contributed by atoms with Crippen LogP contribution < -0.4 is 0 Å². The molecule has 0 N–H and O–H groups in total. The quantitative estimate of drug-likeness (QED) is 0.812. The number of amides is 2. The molecule has 1 aromatic carbocycles. The van der Waals surface area contributed by atoms with Gasteiger partial charge in [-0.3, -0.25) is 9.59 Å². The highest BCUT2D eigenvalue weighted by Crippen LogP contribution is 2.11. The van der Waals surface area contributed by atoms with E-state index in [2.05, 4.69) is 0 Å². The summed E-state index contributed by atoms with van der Waals surface area (Å²) >= 11 is 0. The third-order valence-corrected chi connectivity index (χ3v) is 3.49. The lowest BCUT2D eigenvalue weighted by molar-refractivity contribution is -0.132. The van der Waals surface area contributed by atoms with Crippen LogP contribution in [-0.2, 0) is 4.79 Å². The van der Waals surface area contributed by atoms with Crippen molar-refractivity contribution in [3.63, 3.8) is 0 Å². The number of piperazine rings is 1. The van der Waals surface area contributed by atoms with Crippen molar-refractivity contribution < 1.29 is 9.59 Å². The second kappa shape index (κ2) is 5.87. The number of aryl methyl sites for hydroxylation is 1. The highest BCUT2D eigenvalue weighted by atomic mass is 16.2. The molecule has 0 bridgehead atoms. The monoisotopic (exact) mass is 260 g/mol. The standard InChI is InChI=1S/C15H20N2O2/c1-3-14(18)16-7-9-17(10-8-16)15(19)13-6-4-5-12(2)11-13/h4-6,11H,3,7-10H2,1-2H3. The van der Waals surface area contributed by atoms with Crippen molar-refractivity contribution in [3.05, 3.63) is 35.4 Å². The second-order valence-electron chi connectivity index (χ2n) is 4.90. The molecule has 2 amide bonds. The summed E-state index contributed by atoms with van der Waals surface area (Å²) in [6.07, 6.45) is 0.534. The average molecular weight is 260 g/mol. The number of benzene rings is 1. The molecule has 2 rings (SSSR count). The first-order valence-electron chi connectivity index (χ1n) is 6.75. The SMILES string of the molecule is CCC(=O)N1CCN(C(=O)c2cccc(C)c2)CC1. The van der Waals surface area contributed by atoms with Gasteiger partial charge < -0.3 is 9.80 Å². The summed E-state index contributed by atoms with van der Waals surface area (Å²) in [5, 5.41) is 0. The molecule has 1 fully saturated rings. The number of carbonyl (C=O) groups is 2. The lowest BCUT2D eigenvalue weighted by Gasteiger charge is -2.34. The summed E-state index contributed by atoms with van der Waals surface area (Å²) < 4.78 is 0. The summed E-state index contributed by atoms with van der Waals surface area (Å²) in [5.41, 5.74) is 1.82. The van der Waals surface area contributed by atoms with Gasteiger partial charge >= 0.3 is 0 Å². The van der Waals surface area contributed by atoms with Crippen molar-refractivity contribution >= 4 is 11.8 Å². The Balaban J connectivity index is 1.98. The van der Waals surface area contributed by atoms with Gasteiger partial charge in [0.15, 0.2) is 0 Å². The Morgan fingerprint density at radius 1 is 1.11 bits per heavy atom. The summed E-state index contributed by atoms with van der Waals surface area (Å²) in [6, 6.07) is 7.64. The first-order chi connectivity index (χ1) is 9.11. The number of hydrogen-bond donors (Lipinski definition) is 0. The zero-order valence-electron chi connectivity index (χ0n) is 11.6. The highest BCUT2D eigenvalue weighted by molar-refractivity contribution is 5.94. The van der Waals surface area contributed by atoms with Crippen LogP contribution in [0, 0.1) is 6.92 Å². The van der Waals surface area contributed by atoms with Crippen LogP contribution in [0.15, 0.2) is 24.3 Å². The highest BCUT2D eigenvalue weighted by Gasteiger charge is 2.23. The zero-order valence-corrected chi connectivity index (χ0v) is 11.6. The maximum absolute atomic E-state index is 12.3. The lowest BCUT2D eigenvalue weighted by Crippen LogP contribution is -2.50. The molecular formula is C15H20N2O2. The Morgan fingerprint density at radius 3 is 2.32 bits per heavy atom. The average Bonchev–Trinajstić information content (AvgIpc) is 2.46. The number of carbonyl (C=O) groups excluding carboxylic acids is 2. The van der Waals surface area contributed by atoms with Gasteiger partial charge in [-0.1, -0.05) is 24.6 Å². The van der Waals surface area contributed by atoms with E-state index < -0.39 is 0 Å². The van der Waals surface area contributed by atoms with Crippen molar-refractivity contribution in [1.29, 1.82) is 0 Å². The van der Waals surface area contributed by atoms with Crippen LogP contribution in [0.5, 0.6) is 0 Å². The van der Waals surface area contributed by atoms with Gasteiger partial charge in [0.25, 0.3) is 5.91 Å². The molecule has 1 aromatic rings. The minimum absolute atomic E-state index is 0.0623. The van der Waals surface area contributed by atoms with Gasteiger partial charge in [0.05, 0.1) is 0 Å². The smallest absolute Gasteiger partial charge is 0.253 e. The largest absolute Gasteiger partial charge is 0.339 e. The fourth-order valence-electron chi connectivity index (χ4n) is 2.34. The Morgan fingerprint density at radius 2 is 1.74 bits per heavy atom. The zero-order chi connectivity index (χ0) is 13.8. The van der Waals surface area contributed by atoms with Crippen LogP contribution in [0.4, 0.5) is 0 Å². The van der Waals surface area contributed by atoms with Crippen molar-refractivity contribution in [2.75, 3.05) is 26.2 Å². The summed E-state index contributed by atoms with van der Waals surface area (Å²) in [5.74, 6) is 0.231. The second-order valence-corrected chi connectivity index (χ2v) is 4.90. The topological polar surface area (TPSA) is 40.6 Å². The van der Waals surface area contributed by atoms with Gasteiger partial charge in [-0.25, -0.2) is 0 Å². The molecule has 1 aliphatic heterocycles. The van der Waals surface area contributed by atoms with Crippen LogP contribution in [-0.4, -0.2) is 47.8 Å². The van der Waals surface area contributed by atoms with Gasteiger partial charge in [-0.2, -0.15) is 0 Å². The molecule has 0 aromatic heterocycles. The van der Waals surface area contributed by atoms with Crippen molar-refractivity contribution in [2.45, 2.75) is 20.3 Å². The van der Waals surface area contributed by atoms with E-state index in [4.69, 9.17) is 0 Å². The predicted molar refractivity (Wildman–Crippen MR) is 74.0 cm³/mol. The molecule has 0 saturated carbocycles. The van der Waals surface area contributed by atoms with E-state index in [1.165, 1.54) is 0 Å². The van der Waals surface area contributed by atoms with Crippen LogP contribution >= 0.6 is 0 Å². The Bertz CT molecular complexity index is 477. The number of rotatable bonds is 2. The van der Waals surface area contributed by atoms with E-state index in [0.29, 0.717) is 32.6 Å². The van der Waals surface area contributed by atoms with Crippen LogP contribution in [0.2, 0.25) is 0 Å². The minimum Gasteiger partial charge on any atom is -0.339 e. The molecule has 102 valence electrons. The van der Waals surface area contributed by atoms with Crippen LogP contribution in [0.1, 0.15) is 29.3 Å². The van der Waals surface area contributed by atoms with Crippen LogP contribution in [0.25, 0.3) is 0 Å². The van der Waals surface area contributed by atoms with E-state index in [1.807, 2.05) is 47.9 Å². The molecule has 0 unspecified atom stereocenters. The van der Waals surface area contributed by atoms with Gasteiger partial charge in [-0.05, 0) is 19.1 Å². The summed E-state index contributed by atoms with van der Waals surface area (Å²) in [4.78, 5) is 27.6.